The van der Waals surface area contributed by atoms with Gasteiger partial charge in [-0.05, 0) is 27.7 Å². The number of ether oxygens (including phenoxy) is 4. The smallest absolute Gasteiger partial charge is 0.346 e. The number of esters is 4. The lowest BCUT2D eigenvalue weighted by molar-refractivity contribution is -0.174. The zero-order valence-electron chi connectivity index (χ0n) is 13.8. The van der Waals surface area contributed by atoms with Crippen LogP contribution in [0.2, 0.25) is 0 Å². The molecule has 0 bridgehead atoms. The highest BCUT2D eigenvalue weighted by Gasteiger charge is 2.33. The minimum Gasteiger partial charge on any atom is -0.465 e. The molecule has 0 aromatic heterocycles. The Labute approximate surface area is 133 Å². The summed E-state index contributed by atoms with van der Waals surface area (Å²) in [6.45, 7) is 6.08. The summed E-state index contributed by atoms with van der Waals surface area (Å²) in [7, 11) is 1.07. The predicted molar refractivity (Wildman–Crippen MR) is 75.8 cm³/mol. The normalized spacial score (nSPS) is 18.7. The Balaban J connectivity index is 2.99. The molecule has 1 atom stereocenters. The maximum absolute atomic E-state index is 12.1. The van der Waals surface area contributed by atoms with Crippen LogP contribution in [0.1, 0.15) is 40.5 Å². The van der Waals surface area contributed by atoms with Gasteiger partial charge in [0.05, 0.1) is 19.1 Å². The van der Waals surface area contributed by atoms with E-state index in [0.717, 1.165) is 7.11 Å². The summed E-state index contributed by atoms with van der Waals surface area (Å²) in [5.41, 5.74) is -1.70. The topological polar surface area (TPSA) is 105 Å². The van der Waals surface area contributed by atoms with Gasteiger partial charge in [0.25, 0.3) is 0 Å². The van der Waals surface area contributed by atoms with Crippen LogP contribution in [0.4, 0.5) is 0 Å². The fraction of sp³-hybridized carbons (Fsp3) is 0.600. The summed E-state index contributed by atoms with van der Waals surface area (Å²) >= 11 is 0. The van der Waals surface area contributed by atoms with Gasteiger partial charge in [-0.3, -0.25) is 4.79 Å². The Morgan fingerprint density at radius 2 is 1.74 bits per heavy atom. The highest BCUT2D eigenvalue weighted by molar-refractivity contribution is 6.18. The summed E-state index contributed by atoms with van der Waals surface area (Å²) in [6, 6.07) is 0. The zero-order chi connectivity index (χ0) is 17.8. The molecular formula is C15H20O8. The molecule has 0 spiro atoms. The fourth-order valence-corrected chi connectivity index (χ4v) is 1.71. The van der Waals surface area contributed by atoms with Crippen molar-refractivity contribution in [2.24, 2.45) is 0 Å². The lowest BCUT2D eigenvalue weighted by Crippen LogP contribution is -2.30. The Bertz CT molecular complexity index is 552. The maximum Gasteiger partial charge on any atom is 0.346 e. The van der Waals surface area contributed by atoms with Crippen molar-refractivity contribution < 1.29 is 38.1 Å². The first-order valence-electron chi connectivity index (χ1n) is 6.98. The van der Waals surface area contributed by atoms with Gasteiger partial charge in [-0.2, -0.15) is 0 Å². The second kappa shape index (κ2) is 7.26. The Hall–Kier alpha value is -2.38. The standard InChI is InChI=1S/C15H20O8/c1-8(12(17)22-10-7-6-9(16)21-10)11(13(18)20-5)14(19)23-15(2,3)4/h10H,6-7H2,1-5H3. The predicted octanol–water partition coefficient (Wildman–Crippen LogP) is 1.02. The molecule has 0 amide bonds. The van der Waals surface area contributed by atoms with E-state index in [1.807, 2.05) is 0 Å². The molecule has 128 valence electrons. The molecule has 23 heavy (non-hydrogen) atoms. The minimum atomic E-state index is -1.03. The van der Waals surface area contributed by atoms with Crippen LogP contribution in [-0.4, -0.2) is 42.9 Å². The van der Waals surface area contributed by atoms with E-state index >= 15 is 0 Å². The molecule has 0 aromatic rings. The first kappa shape index (κ1) is 18.7. The van der Waals surface area contributed by atoms with E-state index in [2.05, 4.69) is 4.74 Å². The lowest BCUT2D eigenvalue weighted by Gasteiger charge is -2.20. The summed E-state index contributed by atoms with van der Waals surface area (Å²) < 4.78 is 19.3. The van der Waals surface area contributed by atoms with Gasteiger partial charge in [0.1, 0.15) is 5.60 Å². The quantitative estimate of drug-likeness (QED) is 0.248. The van der Waals surface area contributed by atoms with E-state index in [1.54, 1.807) is 20.8 Å². The molecule has 1 aliphatic heterocycles. The van der Waals surface area contributed by atoms with Crippen LogP contribution < -0.4 is 0 Å². The van der Waals surface area contributed by atoms with Crippen LogP contribution >= 0.6 is 0 Å². The first-order chi connectivity index (χ1) is 10.5. The third kappa shape index (κ3) is 5.39. The van der Waals surface area contributed by atoms with Crippen LogP contribution in [-0.2, 0) is 38.1 Å². The van der Waals surface area contributed by atoms with E-state index in [-0.39, 0.29) is 18.4 Å². The molecule has 0 aromatic carbocycles. The maximum atomic E-state index is 12.1. The van der Waals surface area contributed by atoms with Gasteiger partial charge in [0.15, 0.2) is 5.57 Å². The van der Waals surface area contributed by atoms with Crippen LogP contribution in [0.25, 0.3) is 0 Å². The monoisotopic (exact) mass is 328 g/mol. The van der Waals surface area contributed by atoms with Crippen molar-refractivity contribution in [3.63, 3.8) is 0 Å². The largest absolute Gasteiger partial charge is 0.465 e. The molecule has 8 nitrogen and oxygen atoms in total. The van der Waals surface area contributed by atoms with E-state index in [1.165, 1.54) is 6.92 Å². The molecule has 1 fully saturated rings. The number of hydrogen-bond donors (Lipinski definition) is 0. The van der Waals surface area contributed by atoms with E-state index in [9.17, 15) is 19.2 Å². The van der Waals surface area contributed by atoms with Gasteiger partial charge in [0, 0.05) is 6.42 Å². The molecule has 1 heterocycles. The van der Waals surface area contributed by atoms with E-state index < -0.39 is 41.3 Å². The average molecular weight is 328 g/mol. The zero-order valence-corrected chi connectivity index (χ0v) is 13.8. The van der Waals surface area contributed by atoms with Gasteiger partial charge in [-0.25, -0.2) is 14.4 Å². The lowest BCUT2D eigenvalue weighted by atomic mass is 10.1. The van der Waals surface area contributed by atoms with Gasteiger partial charge >= 0.3 is 23.9 Å². The summed E-state index contributed by atoms with van der Waals surface area (Å²) in [5, 5.41) is 0. The van der Waals surface area contributed by atoms with Crippen molar-refractivity contribution in [1.82, 2.24) is 0 Å². The van der Waals surface area contributed by atoms with E-state index in [4.69, 9.17) is 14.2 Å². The fourth-order valence-electron chi connectivity index (χ4n) is 1.71. The highest BCUT2D eigenvalue weighted by atomic mass is 16.7. The molecular weight excluding hydrogens is 308 g/mol. The molecule has 1 unspecified atom stereocenters. The Kier molecular flexibility index (Phi) is 5.89. The van der Waals surface area contributed by atoms with Crippen LogP contribution in [0, 0.1) is 0 Å². The molecule has 0 N–H and O–H groups in total. The van der Waals surface area contributed by atoms with Gasteiger partial charge in [0.2, 0.25) is 6.29 Å². The Morgan fingerprint density at radius 1 is 1.13 bits per heavy atom. The third-order valence-electron chi connectivity index (χ3n) is 2.76. The highest BCUT2D eigenvalue weighted by Crippen LogP contribution is 2.19. The number of methoxy groups -OCH3 is 1. The molecule has 1 aliphatic rings. The van der Waals surface area contributed by atoms with Crippen LogP contribution in [0.3, 0.4) is 0 Å². The third-order valence-corrected chi connectivity index (χ3v) is 2.76. The molecule has 1 saturated heterocycles. The van der Waals surface area contributed by atoms with Gasteiger partial charge < -0.3 is 18.9 Å². The summed E-state index contributed by atoms with van der Waals surface area (Å²) in [4.78, 5) is 47.0. The number of carbonyl (C=O) groups excluding carboxylic acids is 4. The average Bonchev–Trinajstić information content (AvgIpc) is 2.81. The number of carbonyl (C=O) groups is 4. The Morgan fingerprint density at radius 3 is 2.17 bits per heavy atom. The van der Waals surface area contributed by atoms with Crippen molar-refractivity contribution >= 4 is 23.9 Å². The van der Waals surface area contributed by atoms with E-state index in [0.29, 0.717) is 0 Å². The summed E-state index contributed by atoms with van der Waals surface area (Å²) in [6.07, 6.45) is -0.670. The van der Waals surface area contributed by atoms with Gasteiger partial charge in [-0.15, -0.1) is 0 Å². The number of hydrogen-bond acceptors (Lipinski definition) is 8. The second-order valence-corrected chi connectivity index (χ2v) is 5.86. The van der Waals surface area contributed by atoms with Crippen molar-refractivity contribution in [2.75, 3.05) is 7.11 Å². The van der Waals surface area contributed by atoms with Crippen LogP contribution in [0.5, 0.6) is 0 Å². The molecule has 0 aliphatic carbocycles. The molecule has 8 heteroatoms. The second-order valence-electron chi connectivity index (χ2n) is 5.86. The van der Waals surface area contributed by atoms with Crippen LogP contribution in [0.15, 0.2) is 11.1 Å². The minimum absolute atomic E-state index is 0.136. The molecule has 1 rings (SSSR count). The van der Waals surface area contributed by atoms with Crippen molar-refractivity contribution in [3.05, 3.63) is 11.1 Å². The van der Waals surface area contributed by atoms with Gasteiger partial charge in [-0.1, -0.05) is 0 Å². The van der Waals surface area contributed by atoms with Crippen molar-refractivity contribution in [1.29, 1.82) is 0 Å². The number of cyclic esters (lactones) is 1. The van der Waals surface area contributed by atoms with Crippen molar-refractivity contribution in [2.45, 2.75) is 52.4 Å². The first-order valence-corrected chi connectivity index (χ1v) is 6.98. The molecule has 0 saturated carbocycles. The molecule has 0 radical (unpaired) electrons. The summed E-state index contributed by atoms with van der Waals surface area (Å²) in [5.74, 6) is -3.46. The SMILES string of the molecule is COC(=O)C(C(=O)OC(C)(C)C)=C(C)C(=O)OC1CCC(=O)O1. The number of rotatable bonds is 4. The van der Waals surface area contributed by atoms with Crippen molar-refractivity contribution in [3.8, 4) is 0 Å².